The predicted octanol–water partition coefficient (Wildman–Crippen LogP) is 2.55. The molecule has 138 valence electrons. The van der Waals surface area contributed by atoms with Crippen LogP contribution in [0.15, 0.2) is 41.3 Å². The molecule has 1 atom stereocenters. The van der Waals surface area contributed by atoms with E-state index in [1.807, 2.05) is 12.1 Å². The lowest BCUT2D eigenvalue weighted by Gasteiger charge is -2.32. The first-order valence-electron chi connectivity index (χ1n) is 8.95. The van der Waals surface area contributed by atoms with Crippen LogP contribution in [0, 0.1) is 5.92 Å². The number of nitrogens with one attached hydrogen (secondary N) is 2. The maximum Gasteiger partial charge on any atom is 0.268 e. The Balaban J connectivity index is 1.58. The van der Waals surface area contributed by atoms with Gasteiger partial charge >= 0.3 is 0 Å². The largest absolute Gasteiger partial charge is 0.491 e. The number of amides is 1. The lowest BCUT2D eigenvalue weighted by molar-refractivity contribution is 0.0945. The molecule has 1 aromatic heterocycles. The van der Waals surface area contributed by atoms with Crippen molar-refractivity contribution in [2.45, 2.75) is 26.3 Å². The number of aromatic nitrogens is 1. The predicted molar refractivity (Wildman–Crippen MR) is 102 cm³/mol. The number of anilines is 1. The molecule has 26 heavy (non-hydrogen) atoms. The van der Waals surface area contributed by atoms with Crippen LogP contribution in [0.25, 0.3) is 0 Å². The minimum Gasteiger partial charge on any atom is -0.491 e. The zero-order valence-electron chi connectivity index (χ0n) is 15.2. The molecule has 1 aromatic carbocycles. The first-order valence-corrected chi connectivity index (χ1v) is 8.95. The number of hydrogen-bond donors (Lipinski definition) is 2. The van der Waals surface area contributed by atoms with Gasteiger partial charge in [-0.15, -0.1) is 0 Å². The van der Waals surface area contributed by atoms with E-state index < -0.39 is 0 Å². The first-order chi connectivity index (χ1) is 12.6. The highest BCUT2D eigenvalue weighted by atomic mass is 16.5. The molecule has 0 saturated carbocycles. The van der Waals surface area contributed by atoms with Crippen molar-refractivity contribution in [2.75, 3.05) is 25.1 Å². The van der Waals surface area contributed by atoms with Gasteiger partial charge in [0, 0.05) is 37.6 Å². The summed E-state index contributed by atoms with van der Waals surface area (Å²) in [5.41, 5.74) is 2.14. The molecule has 2 N–H and O–H groups in total. The summed E-state index contributed by atoms with van der Waals surface area (Å²) in [7, 11) is 1.42. The van der Waals surface area contributed by atoms with Gasteiger partial charge in [-0.05, 0) is 36.5 Å². The number of pyridine rings is 1. The molecular weight excluding hydrogens is 330 g/mol. The number of nitrogens with zero attached hydrogens (tertiary/aromatic N) is 1. The average Bonchev–Trinajstić information content (AvgIpc) is 2.66. The van der Waals surface area contributed by atoms with Crippen molar-refractivity contribution < 1.29 is 9.53 Å². The lowest BCUT2D eigenvalue weighted by atomic mass is 9.99. The molecule has 1 aliphatic rings. The van der Waals surface area contributed by atoms with E-state index in [0.29, 0.717) is 6.54 Å². The molecule has 1 unspecified atom stereocenters. The summed E-state index contributed by atoms with van der Waals surface area (Å²) < 4.78 is 4.90. The Labute approximate surface area is 153 Å². The highest BCUT2D eigenvalue weighted by molar-refractivity contribution is 5.92. The monoisotopic (exact) mass is 355 g/mol. The molecule has 1 amide bonds. The molecular formula is C20H25N3O3. The number of ether oxygens (including phenoxy) is 1. The van der Waals surface area contributed by atoms with Gasteiger partial charge in [-0.3, -0.25) is 9.59 Å². The number of methoxy groups -OCH3 is 1. The van der Waals surface area contributed by atoms with Gasteiger partial charge in [-0.2, -0.15) is 0 Å². The van der Waals surface area contributed by atoms with Crippen LogP contribution in [-0.2, 0) is 6.54 Å². The van der Waals surface area contributed by atoms with Crippen molar-refractivity contribution in [1.29, 1.82) is 0 Å². The Morgan fingerprint density at radius 2 is 2.12 bits per heavy atom. The second-order valence-electron chi connectivity index (χ2n) is 6.82. The fourth-order valence-corrected chi connectivity index (χ4v) is 3.28. The summed E-state index contributed by atoms with van der Waals surface area (Å²) in [6.07, 6.45) is 3.93. The van der Waals surface area contributed by atoms with Gasteiger partial charge in [-0.1, -0.05) is 19.1 Å². The fraction of sp³-hybridized carbons (Fsp3) is 0.400. The summed E-state index contributed by atoms with van der Waals surface area (Å²) in [6.45, 7) is 4.90. The van der Waals surface area contributed by atoms with E-state index in [4.69, 9.17) is 4.74 Å². The van der Waals surface area contributed by atoms with Crippen molar-refractivity contribution in [2.24, 2.45) is 5.92 Å². The second-order valence-corrected chi connectivity index (χ2v) is 6.82. The smallest absolute Gasteiger partial charge is 0.268 e. The van der Waals surface area contributed by atoms with E-state index in [1.165, 1.54) is 37.9 Å². The van der Waals surface area contributed by atoms with E-state index in [1.54, 1.807) is 0 Å². The molecule has 0 spiro atoms. The van der Waals surface area contributed by atoms with Gasteiger partial charge < -0.3 is 19.9 Å². The third-order valence-corrected chi connectivity index (χ3v) is 4.75. The molecule has 1 saturated heterocycles. The third-order valence-electron chi connectivity index (χ3n) is 4.75. The maximum atomic E-state index is 12.2. The van der Waals surface area contributed by atoms with Crippen LogP contribution in [0.5, 0.6) is 5.75 Å². The first kappa shape index (κ1) is 18.0. The fourth-order valence-electron chi connectivity index (χ4n) is 3.28. The van der Waals surface area contributed by atoms with Crippen molar-refractivity contribution >= 4 is 11.6 Å². The normalized spacial score (nSPS) is 17.0. The molecule has 2 heterocycles. The van der Waals surface area contributed by atoms with Gasteiger partial charge in [0.05, 0.1) is 7.11 Å². The highest BCUT2D eigenvalue weighted by Gasteiger charge is 2.16. The zero-order valence-corrected chi connectivity index (χ0v) is 15.2. The Morgan fingerprint density at radius 1 is 1.35 bits per heavy atom. The van der Waals surface area contributed by atoms with Gasteiger partial charge in [0.25, 0.3) is 5.91 Å². The van der Waals surface area contributed by atoms with Gasteiger partial charge in [0.2, 0.25) is 5.43 Å². The van der Waals surface area contributed by atoms with Crippen LogP contribution in [-0.4, -0.2) is 31.1 Å². The average molecular weight is 355 g/mol. The number of carbonyl (C=O) groups is 1. The highest BCUT2D eigenvalue weighted by Crippen LogP contribution is 2.23. The lowest BCUT2D eigenvalue weighted by Crippen LogP contribution is -2.34. The second kappa shape index (κ2) is 8.08. The maximum absolute atomic E-state index is 12.2. The molecule has 3 rings (SSSR count). The number of H-pyrrole nitrogens is 1. The van der Waals surface area contributed by atoms with Crippen LogP contribution >= 0.6 is 0 Å². The van der Waals surface area contributed by atoms with Crippen LogP contribution in [0.4, 0.5) is 5.69 Å². The van der Waals surface area contributed by atoms with E-state index in [9.17, 15) is 9.59 Å². The van der Waals surface area contributed by atoms with E-state index in [0.717, 1.165) is 24.6 Å². The number of hydrogen-bond acceptors (Lipinski definition) is 4. The minimum atomic E-state index is -0.323. The number of carbonyl (C=O) groups excluding carboxylic acids is 1. The van der Waals surface area contributed by atoms with Gasteiger partial charge in [0.15, 0.2) is 5.75 Å². The SMILES string of the molecule is COc1c[nH]c(C(=O)NCc2ccc(N3CCCC(C)C3)cc2)cc1=O. The number of aromatic amines is 1. The Bertz CT molecular complexity index is 814. The topological polar surface area (TPSA) is 74.4 Å². The van der Waals surface area contributed by atoms with Gasteiger partial charge in [-0.25, -0.2) is 0 Å². The Hall–Kier alpha value is -2.76. The Morgan fingerprint density at radius 3 is 2.77 bits per heavy atom. The number of rotatable bonds is 5. The van der Waals surface area contributed by atoms with Crippen LogP contribution in [0.1, 0.15) is 35.8 Å². The third kappa shape index (κ3) is 4.25. The summed E-state index contributed by atoms with van der Waals surface area (Å²) in [4.78, 5) is 29.1. The number of piperidine rings is 1. The van der Waals surface area contributed by atoms with E-state index >= 15 is 0 Å². The number of benzene rings is 1. The van der Waals surface area contributed by atoms with Crippen molar-refractivity contribution in [1.82, 2.24) is 10.3 Å². The van der Waals surface area contributed by atoms with Crippen LogP contribution in [0.2, 0.25) is 0 Å². The van der Waals surface area contributed by atoms with E-state index in [2.05, 4.69) is 34.3 Å². The molecule has 0 radical (unpaired) electrons. The summed E-state index contributed by atoms with van der Waals surface area (Å²) in [6, 6.07) is 9.52. The zero-order chi connectivity index (χ0) is 18.5. The minimum absolute atomic E-state index is 0.184. The molecule has 1 aliphatic heterocycles. The standard InChI is InChI=1S/C20H25N3O3/c1-14-4-3-9-23(13-14)16-7-5-15(6-8-16)11-22-20(25)17-10-18(24)19(26-2)12-21-17/h5-8,10,12,14H,3-4,9,11,13H2,1-2H3,(H,21,24)(H,22,25). The molecule has 6 nitrogen and oxygen atoms in total. The van der Waals surface area contributed by atoms with Crippen LogP contribution < -0.4 is 20.4 Å². The van der Waals surface area contributed by atoms with Crippen LogP contribution in [0.3, 0.4) is 0 Å². The molecule has 0 bridgehead atoms. The summed E-state index contributed by atoms with van der Waals surface area (Å²) in [5.74, 6) is 0.595. The molecule has 2 aromatic rings. The van der Waals surface area contributed by atoms with Crippen molar-refractivity contribution in [3.8, 4) is 5.75 Å². The quantitative estimate of drug-likeness (QED) is 0.864. The summed E-state index contributed by atoms with van der Waals surface area (Å²) in [5, 5.41) is 2.82. The molecule has 0 aliphatic carbocycles. The Kier molecular flexibility index (Phi) is 5.61. The van der Waals surface area contributed by atoms with Crippen molar-refractivity contribution in [3.63, 3.8) is 0 Å². The van der Waals surface area contributed by atoms with E-state index in [-0.39, 0.29) is 22.8 Å². The summed E-state index contributed by atoms with van der Waals surface area (Å²) >= 11 is 0. The van der Waals surface area contributed by atoms with Gasteiger partial charge in [0.1, 0.15) is 5.69 Å². The van der Waals surface area contributed by atoms with Crippen molar-refractivity contribution in [3.05, 3.63) is 58.0 Å². The molecule has 6 heteroatoms. The molecule has 1 fully saturated rings.